The van der Waals surface area contributed by atoms with Crippen molar-refractivity contribution in [2.75, 3.05) is 6.61 Å². The number of rotatable bonds is 15. The zero-order chi connectivity index (χ0) is 15.9. The summed E-state index contributed by atoms with van der Waals surface area (Å²) < 4.78 is 0. The molecule has 4 nitrogen and oxygen atoms in total. The van der Waals surface area contributed by atoms with Gasteiger partial charge in [-0.2, -0.15) is 0 Å². The molecule has 0 aromatic carbocycles. The molecule has 0 radical (unpaired) electrons. The normalized spacial score (nSPS) is 14.1. The van der Waals surface area contributed by atoms with E-state index in [9.17, 15) is 15.0 Å². The number of Topliss-reactive ketones (excluding diaryl/α,β-unsaturated/α-hetero) is 1. The van der Waals surface area contributed by atoms with E-state index in [1.165, 1.54) is 0 Å². The minimum Gasteiger partial charge on any atom is -0.396 e. The second kappa shape index (κ2) is 14.5. The maximum atomic E-state index is 10.8. The Morgan fingerprint density at radius 3 is 1.67 bits per heavy atom. The van der Waals surface area contributed by atoms with Crippen LogP contribution in [0.1, 0.15) is 84.0 Å². The summed E-state index contributed by atoms with van der Waals surface area (Å²) >= 11 is 0. The zero-order valence-electron chi connectivity index (χ0n) is 13.6. The summed E-state index contributed by atoms with van der Waals surface area (Å²) in [4.78, 5) is 10.8. The number of hydrogen-bond acceptors (Lipinski definition) is 4. The second-order valence-corrected chi connectivity index (χ2v) is 6.07. The SMILES string of the molecule is CC(=O)CCCCCCCC(O)C(O)CCCCCCO. The molecule has 3 N–H and O–H groups in total. The Morgan fingerprint density at radius 2 is 1.19 bits per heavy atom. The quantitative estimate of drug-likeness (QED) is 0.406. The van der Waals surface area contributed by atoms with Gasteiger partial charge < -0.3 is 20.1 Å². The lowest BCUT2D eigenvalue weighted by Crippen LogP contribution is -2.25. The maximum absolute atomic E-state index is 10.8. The van der Waals surface area contributed by atoms with Crippen molar-refractivity contribution in [2.45, 2.75) is 96.2 Å². The molecule has 0 aromatic rings. The highest BCUT2D eigenvalue weighted by atomic mass is 16.3. The Labute approximate surface area is 129 Å². The number of ketones is 1. The van der Waals surface area contributed by atoms with Crippen LogP contribution in [0.2, 0.25) is 0 Å². The molecule has 126 valence electrons. The lowest BCUT2D eigenvalue weighted by Gasteiger charge is -2.17. The topological polar surface area (TPSA) is 77.8 Å². The van der Waals surface area contributed by atoms with Crippen LogP contribution in [0.4, 0.5) is 0 Å². The number of carbonyl (C=O) groups is 1. The Morgan fingerprint density at radius 1 is 0.762 bits per heavy atom. The van der Waals surface area contributed by atoms with Crippen molar-refractivity contribution in [1.82, 2.24) is 0 Å². The molecule has 0 saturated heterocycles. The van der Waals surface area contributed by atoms with E-state index in [-0.39, 0.29) is 12.4 Å². The lowest BCUT2D eigenvalue weighted by atomic mass is 10.00. The number of carbonyl (C=O) groups excluding carboxylic acids is 1. The zero-order valence-corrected chi connectivity index (χ0v) is 13.6. The van der Waals surface area contributed by atoms with Gasteiger partial charge in [-0.25, -0.2) is 0 Å². The average molecular weight is 302 g/mol. The molecule has 0 bridgehead atoms. The molecule has 4 heteroatoms. The molecule has 0 rings (SSSR count). The molecule has 0 aliphatic heterocycles. The van der Waals surface area contributed by atoms with Crippen LogP contribution in [0.5, 0.6) is 0 Å². The van der Waals surface area contributed by atoms with Crippen molar-refractivity contribution in [3.63, 3.8) is 0 Å². The van der Waals surface area contributed by atoms with Crippen LogP contribution < -0.4 is 0 Å². The van der Waals surface area contributed by atoms with Gasteiger partial charge in [0, 0.05) is 13.0 Å². The summed E-state index contributed by atoms with van der Waals surface area (Å²) in [7, 11) is 0. The summed E-state index contributed by atoms with van der Waals surface area (Å²) in [5.74, 6) is 0.257. The van der Waals surface area contributed by atoms with Crippen LogP contribution in [0.25, 0.3) is 0 Å². The molecule has 0 aromatic heterocycles. The highest BCUT2D eigenvalue weighted by Gasteiger charge is 2.15. The molecular weight excluding hydrogens is 268 g/mol. The third-order valence-electron chi connectivity index (χ3n) is 3.88. The van der Waals surface area contributed by atoms with Gasteiger partial charge in [-0.3, -0.25) is 0 Å². The van der Waals surface area contributed by atoms with E-state index >= 15 is 0 Å². The molecule has 0 spiro atoms. The fraction of sp³-hybridized carbons (Fsp3) is 0.941. The standard InChI is InChI=1S/C17H34O4/c1-15(19)11-7-3-2-4-8-12-16(20)17(21)13-9-5-6-10-14-18/h16-18,20-21H,2-14H2,1H3. The predicted molar refractivity (Wildman–Crippen MR) is 85.2 cm³/mol. The van der Waals surface area contributed by atoms with Gasteiger partial charge in [0.05, 0.1) is 12.2 Å². The molecule has 0 saturated carbocycles. The molecular formula is C17H34O4. The minimum atomic E-state index is -0.614. The Balaban J connectivity index is 3.38. The van der Waals surface area contributed by atoms with Gasteiger partial charge in [0.25, 0.3) is 0 Å². The average Bonchev–Trinajstić information content (AvgIpc) is 2.45. The van der Waals surface area contributed by atoms with Crippen LogP contribution in [0, 0.1) is 0 Å². The van der Waals surface area contributed by atoms with Crippen molar-refractivity contribution in [3.8, 4) is 0 Å². The van der Waals surface area contributed by atoms with E-state index in [0.717, 1.165) is 57.8 Å². The van der Waals surface area contributed by atoms with Gasteiger partial charge in [0.15, 0.2) is 0 Å². The van der Waals surface area contributed by atoms with E-state index in [1.807, 2.05) is 0 Å². The lowest BCUT2D eigenvalue weighted by molar-refractivity contribution is -0.117. The molecule has 0 aliphatic carbocycles. The fourth-order valence-electron chi connectivity index (χ4n) is 2.46. The fourth-order valence-corrected chi connectivity index (χ4v) is 2.46. The molecule has 0 fully saturated rings. The molecule has 0 aliphatic rings. The first-order valence-electron chi connectivity index (χ1n) is 8.54. The largest absolute Gasteiger partial charge is 0.396 e. The van der Waals surface area contributed by atoms with Gasteiger partial charge in [-0.1, -0.05) is 44.9 Å². The first kappa shape index (κ1) is 20.6. The van der Waals surface area contributed by atoms with Gasteiger partial charge in [0.2, 0.25) is 0 Å². The van der Waals surface area contributed by atoms with Crippen LogP contribution >= 0.6 is 0 Å². The highest BCUT2D eigenvalue weighted by molar-refractivity contribution is 5.75. The third kappa shape index (κ3) is 14.3. The Kier molecular flexibility index (Phi) is 14.2. The first-order valence-corrected chi connectivity index (χ1v) is 8.54. The van der Waals surface area contributed by atoms with Crippen LogP contribution in [0.15, 0.2) is 0 Å². The van der Waals surface area contributed by atoms with Crippen molar-refractivity contribution in [2.24, 2.45) is 0 Å². The first-order chi connectivity index (χ1) is 10.1. The molecule has 2 atom stereocenters. The molecule has 0 amide bonds. The summed E-state index contributed by atoms with van der Waals surface area (Å²) in [5.41, 5.74) is 0. The highest BCUT2D eigenvalue weighted by Crippen LogP contribution is 2.14. The molecule has 21 heavy (non-hydrogen) atoms. The number of unbranched alkanes of at least 4 members (excludes halogenated alkanes) is 7. The van der Waals surface area contributed by atoms with Gasteiger partial charge in [-0.15, -0.1) is 0 Å². The third-order valence-corrected chi connectivity index (χ3v) is 3.88. The summed E-state index contributed by atoms with van der Waals surface area (Å²) in [6.07, 6.45) is 9.59. The van der Waals surface area contributed by atoms with E-state index in [0.29, 0.717) is 19.3 Å². The van der Waals surface area contributed by atoms with Crippen molar-refractivity contribution in [1.29, 1.82) is 0 Å². The predicted octanol–water partition coefficient (Wildman–Crippen LogP) is 2.97. The van der Waals surface area contributed by atoms with Crippen molar-refractivity contribution < 1.29 is 20.1 Å². The van der Waals surface area contributed by atoms with Gasteiger partial charge in [-0.05, 0) is 32.6 Å². The van der Waals surface area contributed by atoms with Crippen molar-refractivity contribution in [3.05, 3.63) is 0 Å². The maximum Gasteiger partial charge on any atom is 0.129 e. The smallest absolute Gasteiger partial charge is 0.129 e. The number of aliphatic hydroxyl groups excluding tert-OH is 3. The van der Waals surface area contributed by atoms with Crippen molar-refractivity contribution >= 4 is 5.78 Å². The van der Waals surface area contributed by atoms with E-state index in [1.54, 1.807) is 6.92 Å². The molecule has 0 heterocycles. The Hall–Kier alpha value is -0.450. The van der Waals surface area contributed by atoms with E-state index < -0.39 is 12.2 Å². The molecule has 2 unspecified atom stereocenters. The van der Waals surface area contributed by atoms with Crippen LogP contribution in [0.3, 0.4) is 0 Å². The van der Waals surface area contributed by atoms with Gasteiger partial charge >= 0.3 is 0 Å². The van der Waals surface area contributed by atoms with E-state index in [2.05, 4.69) is 0 Å². The summed E-state index contributed by atoms with van der Waals surface area (Å²) in [5, 5.41) is 28.4. The van der Waals surface area contributed by atoms with Crippen LogP contribution in [-0.2, 0) is 4.79 Å². The van der Waals surface area contributed by atoms with Gasteiger partial charge in [0.1, 0.15) is 5.78 Å². The minimum absolute atomic E-state index is 0.234. The summed E-state index contributed by atoms with van der Waals surface area (Å²) in [6, 6.07) is 0. The number of hydrogen-bond donors (Lipinski definition) is 3. The Bertz CT molecular complexity index is 243. The van der Waals surface area contributed by atoms with E-state index in [4.69, 9.17) is 5.11 Å². The second-order valence-electron chi connectivity index (χ2n) is 6.07. The number of aliphatic hydroxyl groups is 3. The summed E-state index contributed by atoms with van der Waals surface area (Å²) in [6.45, 7) is 1.86. The van der Waals surface area contributed by atoms with Crippen LogP contribution in [-0.4, -0.2) is 39.9 Å². The monoisotopic (exact) mass is 302 g/mol.